The van der Waals surface area contributed by atoms with E-state index < -0.39 is 0 Å². The third-order valence-corrected chi connectivity index (χ3v) is 4.88. The lowest BCUT2D eigenvalue weighted by atomic mass is 10.1. The fourth-order valence-electron chi connectivity index (χ4n) is 1.91. The number of para-hydroxylation sites is 1. The number of hydrogen-bond acceptors (Lipinski definition) is 6. The molecule has 1 aromatic carbocycles. The molecule has 142 valence electrons. The number of fused-ring (bicyclic) bond motifs is 1. The standard InChI is InChI=1S/C7H5NS2.C5H10N4S.C5H5NS/c9-7-8-5-3-1-2-4-6(5)10-7;1-5(2,3)9-4(10)6-7-8-9;7-5-3-1-2-4-6-5/h1-4H,(H,8,9);1-3H3,(H,6,8,10);1-4H,(H,6,7). The average molecular weight is 437 g/mol. The third kappa shape index (κ3) is 6.90. The summed E-state index contributed by atoms with van der Waals surface area (Å²) in [6.45, 7) is 6.09. The van der Waals surface area contributed by atoms with Crippen molar-refractivity contribution in [3.8, 4) is 0 Å². The van der Waals surface area contributed by atoms with E-state index in [1.54, 1.807) is 16.0 Å². The molecule has 0 aliphatic heterocycles. The van der Waals surface area contributed by atoms with E-state index in [0.717, 1.165) is 14.1 Å². The van der Waals surface area contributed by atoms with Gasteiger partial charge in [-0.3, -0.25) is 0 Å². The van der Waals surface area contributed by atoms with Crippen molar-refractivity contribution in [2.45, 2.75) is 26.3 Å². The molecular weight excluding hydrogens is 416 g/mol. The highest BCUT2D eigenvalue weighted by Gasteiger charge is 2.13. The van der Waals surface area contributed by atoms with Gasteiger partial charge in [0.2, 0.25) is 4.77 Å². The lowest BCUT2D eigenvalue weighted by molar-refractivity contribution is 0.343. The number of H-pyrrole nitrogens is 3. The summed E-state index contributed by atoms with van der Waals surface area (Å²) in [6, 6.07) is 13.7. The van der Waals surface area contributed by atoms with Crippen LogP contribution in [-0.4, -0.2) is 30.2 Å². The largest absolute Gasteiger partial charge is 0.353 e. The number of hydrogen-bond donors (Lipinski definition) is 3. The minimum absolute atomic E-state index is 0.0550. The number of pyridine rings is 1. The van der Waals surface area contributed by atoms with Crippen LogP contribution in [0.25, 0.3) is 10.2 Å². The molecule has 27 heavy (non-hydrogen) atoms. The van der Waals surface area contributed by atoms with Gasteiger partial charge in [0.25, 0.3) is 0 Å². The predicted molar refractivity (Wildman–Crippen MR) is 119 cm³/mol. The van der Waals surface area contributed by atoms with Crippen molar-refractivity contribution in [3.63, 3.8) is 0 Å². The van der Waals surface area contributed by atoms with Crippen molar-refractivity contribution in [3.05, 3.63) is 62.0 Å². The van der Waals surface area contributed by atoms with Crippen LogP contribution in [0.1, 0.15) is 20.8 Å². The fraction of sp³-hybridized carbons (Fsp3) is 0.235. The molecule has 4 aromatic rings. The third-order valence-electron chi connectivity index (χ3n) is 3.15. The molecule has 0 spiro atoms. The van der Waals surface area contributed by atoms with E-state index in [9.17, 15) is 0 Å². The van der Waals surface area contributed by atoms with E-state index in [1.807, 2.05) is 63.4 Å². The number of nitrogens with one attached hydrogen (secondary N) is 3. The highest BCUT2D eigenvalue weighted by Crippen LogP contribution is 2.17. The molecular formula is C17H20N6S4. The van der Waals surface area contributed by atoms with Crippen molar-refractivity contribution in [2.24, 2.45) is 0 Å². The van der Waals surface area contributed by atoms with Crippen molar-refractivity contribution in [1.82, 2.24) is 30.2 Å². The maximum atomic E-state index is 4.98. The normalized spacial score (nSPS) is 10.5. The van der Waals surface area contributed by atoms with Gasteiger partial charge in [-0.25, -0.2) is 4.68 Å². The summed E-state index contributed by atoms with van der Waals surface area (Å²) in [6.07, 6.45) is 1.81. The molecule has 0 saturated heterocycles. The minimum atomic E-state index is -0.0550. The Labute approximate surface area is 176 Å². The van der Waals surface area contributed by atoms with Gasteiger partial charge >= 0.3 is 0 Å². The molecule has 0 aliphatic carbocycles. The second kappa shape index (κ2) is 9.79. The van der Waals surface area contributed by atoms with Crippen LogP contribution in [0.15, 0.2) is 48.7 Å². The molecule has 3 heterocycles. The molecule has 3 N–H and O–H groups in total. The highest BCUT2D eigenvalue weighted by molar-refractivity contribution is 7.73. The van der Waals surface area contributed by atoms with Gasteiger partial charge in [0.15, 0.2) is 3.95 Å². The summed E-state index contributed by atoms with van der Waals surface area (Å²) in [4.78, 5) is 5.94. The molecule has 0 unspecified atom stereocenters. The van der Waals surface area contributed by atoms with E-state index >= 15 is 0 Å². The number of aromatic amines is 3. The molecule has 0 radical (unpaired) electrons. The van der Waals surface area contributed by atoms with E-state index in [4.69, 9.17) is 36.7 Å². The van der Waals surface area contributed by atoms with E-state index in [1.165, 1.54) is 4.70 Å². The molecule has 0 fully saturated rings. The smallest absolute Gasteiger partial charge is 0.238 e. The van der Waals surface area contributed by atoms with Gasteiger partial charge in [0.1, 0.15) is 4.64 Å². The zero-order chi connectivity index (χ0) is 19.9. The summed E-state index contributed by atoms with van der Waals surface area (Å²) < 4.78 is 5.09. The first-order chi connectivity index (χ1) is 12.8. The zero-order valence-electron chi connectivity index (χ0n) is 15.1. The molecule has 3 aromatic heterocycles. The zero-order valence-corrected chi connectivity index (χ0v) is 18.4. The van der Waals surface area contributed by atoms with Gasteiger partial charge in [0, 0.05) is 6.20 Å². The number of tetrazole rings is 1. The van der Waals surface area contributed by atoms with Crippen LogP contribution in [0.3, 0.4) is 0 Å². The first-order valence-electron chi connectivity index (χ1n) is 7.99. The Kier molecular flexibility index (Phi) is 7.72. The van der Waals surface area contributed by atoms with Crippen LogP contribution < -0.4 is 0 Å². The molecule has 0 atom stereocenters. The number of benzene rings is 1. The summed E-state index contributed by atoms with van der Waals surface area (Å²) in [7, 11) is 0. The van der Waals surface area contributed by atoms with Gasteiger partial charge in [-0.05, 0) is 69.5 Å². The van der Waals surface area contributed by atoms with Gasteiger partial charge in [-0.1, -0.05) is 40.7 Å². The second-order valence-electron chi connectivity index (χ2n) is 6.33. The number of thiazole rings is 1. The Morgan fingerprint density at radius 3 is 2.15 bits per heavy atom. The van der Waals surface area contributed by atoms with Crippen molar-refractivity contribution in [2.75, 3.05) is 0 Å². The van der Waals surface area contributed by atoms with Gasteiger partial charge in [-0.15, -0.1) is 11.3 Å². The van der Waals surface area contributed by atoms with Crippen molar-refractivity contribution < 1.29 is 0 Å². The topological polar surface area (TPSA) is 78.1 Å². The Morgan fingerprint density at radius 2 is 1.70 bits per heavy atom. The maximum absolute atomic E-state index is 4.98. The predicted octanol–water partition coefficient (Wildman–Crippen LogP) is 5.79. The Balaban J connectivity index is 0.000000148. The van der Waals surface area contributed by atoms with Gasteiger partial charge in [0.05, 0.1) is 15.8 Å². The summed E-state index contributed by atoms with van der Waals surface area (Å²) >= 11 is 16.2. The molecule has 0 saturated carbocycles. The Bertz CT molecular complexity index is 1090. The number of rotatable bonds is 0. The molecule has 0 amide bonds. The Morgan fingerprint density at radius 1 is 1.00 bits per heavy atom. The molecule has 0 bridgehead atoms. The van der Waals surface area contributed by atoms with E-state index in [2.05, 4.69) is 31.6 Å². The van der Waals surface area contributed by atoms with Crippen LogP contribution in [-0.2, 0) is 5.54 Å². The minimum Gasteiger partial charge on any atom is -0.353 e. The van der Waals surface area contributed by atoms with Crippen LogP contribution in [0.4, 0.5) is 0 Å². The molecule has 6 nitrogen and oxygen atoms in total. The summed E-state index contributed by atoms with van der Waals surface area (Å²) in [5.74, 6) is 0. The first kappa shape index (κ1) is 21.3. The lowest BCUT2D eigenvalue weighted by Crippen LogP contribution is -2.23. The average Bonchev–Trinajstić information content (AvgIpc) is 3.21. The lowest BCUT2D eigenvalue weighted by Gasteiger charge is -2.17. The number of aromatic nitrogens is 6. The van der Waals surface area contributed by atoms with Gasteiger partial charge < -0.3 is 9.97 Å². The molecule has 10 heteroatoms. The first-order valence-corrected chi connectivity index (χ1v) is 10.0. The van der Waals surface area contributed by atoms with Crippen LogP contribution in [0.5, 0.6) is 0 Å². The maximum Gasteiger partial charge on any atom is 0.238 e. The van der Waals surface area contributed by atoms with Crippen LogP contribution in [0.2, 0.25) is 0 Å². The summed E-state index contributed by atoms with van der Waals surface area (Å²) in [5, 5.41) is 9.92. The van der Waals surface area contributed by atoms with Gasteiger partial charge in [-0.2, -0.15) is 5.21 Å². The summed E-state index contributed by atoms with van der Waals surface area (Å²) in [5.41, 5.74) is 1.08. The Hall–Kier alpha value is -2.01. The number of nitrogens with zero attached hydrogens (tertiary/aromatic N) is 3. The van der Waals surface area contributed by atoms with Crippen LogP contribution >= 0.6 is 48.0 Å². The quantitative estimate of drug-likeness (QED) is 0.304. The fourth-order valence-corrected chi connectivity index (χ4v) is 3.52. The van der Waals surface area contributed by atoms with Crippen molar-refractivity contribution in [1.29, 1.82) is 0 Å². The van der Waals surface area contributed by atoms with E-state index in [-0.39, 0.29) is 5.54 Å². The second-order valence-corrected chi connectivity index (χ2v) is 8.85. The van der Waals surface area contributed by atoms with E-state index in [0.29, 0.717) is 4.77 Å². The monoisotopic (exact) mass is 436 g/mol. The molecule has 0 aliphatic rings. The molecule has 4 rings (SSSR count). The highest BCUT2D eigenvalue weighted by atomic mass is 32.1. The van der Waals surface area contributed by atoms with Crippen LogP contribution in [0, 0.1) is 13.4 Å². The SMILES string of the molecule is CC(C)(C)n1[nH]nnc1=S.S=c1[nH]c2ccccc2s1.S=c1cccc[nH]1. The van der Waals surface area contributed by atoms with Crippen molar-refractivity contribution >= 4 is 58.2 Å².